The molecule has 7 nitrogen and oxygen atoms in total. The Balaban J connectivity index is 1.50. The molecule has 0 N–H and O–H groups in total. The second kappa shape index (κ2) is 6.33. The van der Waals surface area contributed by atoms with Crippen molar-refractivity contribution in [2.75, 3.05) is 19.7 Å². The van der Waals surface area contributed by atoms with Crippen LogP contribution in [0.5, 0.6) is 0 Å². The van der Waals surface area contributed by atoms with Crippen molar-refractivity contribution in [2.45, 2.75) is 33.0 Å². The van der Waals surface area contributed by atoms with E-state index >= 15 is 0 Å². The Kier molecular flexibility index (Phi) is 4.03. The van der Waals surface area contributed by atoms with Crippen molar-refractivity contribution in [3.63, 3.8) is 0 Å². The first kappa shape index (κ1) is 15.3. The summed E-state index contributed by atoms with van der Waals surface area (Å²) in [6.07, 6.45) is 3.87. The zero-order valence-electron chi connectivity index (χ0n) is 14.1. The molecule has 1 atom stereocenters. The predicted octanol–water partition coefficient (Wildman–Crippen LogP) is 1.83. The first-order valence-corrected chi connectivity index (χ1v) is 8.40. The summed E-state index contributed by atoms with van der Waals surface area (Å²) in [5.74, 6) is 0.910. The van der Waals surface area contributed by atoms with Gasteiger partial charge in [0.15, 0.2) is 5.82 Å². The van der Waals surface area contributed by atoms with Gasteiger partial charge in [-0.25, -0.2) is 4.98 Å². The van der Waals surface area contributed by atoms with E-state index in [0.29, 0.717) is 6.61 Å². The van der Waals surface area contributed by atoms with Crippen molar-refractivity contribution >= 4 is 5.65 Å². The van der Waals surface area contributed by atoms with Gasteiger partial charge >= 0.3 is 0 Å². The van der Waals surface area contributed by atoms with Crippen molar-refractivity contribution in [1.82, 2.24) is 29.0 Å². The number of nitrogens with zero attached hydrogens (tertiary/aromatic N) is 6. The lowest BCUT2D eigenvalue weighted by Crippen LogP contribution is -2.38. The second-order valence-electron chi connectivity index (χ2n) is 6.20. The van der Waals surface area contributed by atoms with Crippen LogP contribution in [0.15, 0.2) is 30.7 Å². The second-order valence-corrected chi connectivity index (χ2v) is 6.20. The molecule has 1 aliphatic rings. The third-order valence-electron chi connectivity index (χ3n) is 4.56. The average Bonchev–Trinajstić information content (AvgIpc) is 3.22. The predicted molar refractivity (Wildman–Crippen MR) is 89.6 cm³/mol. The quantitative estimate of drug-likeness (QED) is 0.732. The van der Waals surface area contributed by atoms with Crippen molar-refractivity contribution in [1.29, 1.82) is 0 Å². The van der Waals surface area contributed by atoms with Gasteiger partial charge in [0, 0.05) is 38.1 Å². The normalized spacial score (nSPS) is 19.2. The van der Waals surface area contributed by atoms with Crippen molar-refractivity contribution in [2.24, 2.45) is 0 Å². The number of imidazole rings is 1. The number of hydrogen-bond donors (Lipinski definition) is 0. The van der Waals surface area contributed by atoms with Gasteiger partial charge in [0.05, 0.1) is 12.3 Å². The Bertz CT molecular complexity index is 839. The number of aryl methyl sites for hydroxylation is 2. The van der Waals surface area contributed by atoms with Crippen LogP contribution >= 0.6 is 0 Å². The van der Waals surface area contributed by atoms with Crippen LogP contribution in [0.1, 0.15) is 30.2 Å². The Morgan fingerprint density at radius 1 is 1.33 bits per heavy atom. The molecule has 0 bridgehead atoms. The molecule has 1 fully saturated rings. The third kappa shape index (κ3) is 2.81. The standard InChI is InChI=1S/C17H22N6O/c1-3-22-12-18-20-17(22)15-11-21(7-8-24-15)9-14-10-23-13(2)5-4-6-16(23)19-14/h4-6,10,12,15H,3,7-9,11H2,1-2H3/t15-/m1/s1. The van der Waals surface area contributed by atoms with Crippen molar-refractivity contribution < 1.29 is 4.74 Å². The van der Waals surface area contributed by atoms with Gasteiger partial charge in [-0.05, 0) is 26.0 Å². The Labute approximate surface area is 140 Å². The van der Waals surface area contributed by atoms with E-state index < -0.39 is 0 Å². The highest BCUT2D eigenvalue weighted by Gasteiger charge is 2.26. The zero-order chi connectivity index (χ0) is 16.5. The summed E-state index contributed by atoms with van der Waals surface area (Å²) in [6.45, 7) is 8.28. The van der Waals surface area contributed by atoms with Crippen LogP contribution in [-0.2, 0) is 17.8 Å². The molecular formula is C17H22N6O. The Morgan fingerprint density at radius 3 is 3.08 bits per heavy atom. The van der Waals surface area contributed by atoms with Gasteiger partial charge in [-0.2, -0.15) is 0 Å². The van der Waals surface area contributed by atoms with Crippen LogP contribution in [-0.4, -0.2) is 48.7 Å². The first-order valence-electron chi connectivity index (χ1n) is 8.40. The van der Waals surface area contributed by atoms with Gasteiger partial charge in [0.25, 0.3) is 0 Å². The van der Waals surface area contributed by atoms with Gasteiger partial charge in [-0.3, -0.25) is 4.90 Å². The van der Waals surface area contributed by atoms with Crippen LogP contribution < -0.4 is 0 Å². The summed E-state index contributed by atoms with van der Waals surface area (Å²) in [5, 5.41) is 8.25. The molecule has 24 heavy (non-hydrogen) atoms. The lowest BCUT2D eigenvalue weighted by molar-refractivity contribution is -0.0391. The fourth-order valence-corrected chi connectivity index (χ4v) is 3.26. The monoisotopic (exact) mass is 326 g/mol. The molecule has 3 aromatic heterocycles. The number of ether oxygens (including phenoxy) is 1. The maximum atomic E-state index is 5.92. The minimum absolute atomic E-state index is 0.0278. The number of aromatic nitrogens is 5. The van der Waals surface area contributed by atoms with Crippen LogP contribution in [0.25, 0.3) is 5.65 Å². The molecule has 4 rings (SSSR count). The zero-order valence-corrected chi connectivity index (χ0v) is 14.1. The summed E-state index contributed by atoms with van der Waals surface area (Å²) in [4.78, 5) is 7.11. The molecule has 126 valence electrons. The van der Waals surface area contributed by atoms with E-state index in [2.05, 4.69) is 45.6 Å². The molecule has 0 saturated carbocycles. The molecule has 4 heterocycles. The molecular weight excluding hydrogens is 304 g/mol. The van der Waals surface area contributed by atoms with E-state index in [1.54, 1.807) is 6.33 Å². The van der Waals surface area contributed by atoms with Crippen LogP contribution in [0.4, 0.5) is 0 Å². The number of morpholine rings is 1. The molecule has 1 saturated heterocycles. The van der Waals surface area contributed by atoms with Crippen molar-refractivity contribution in [3.8, 4) is 0 Å². The van der Waals surface area contributed by atoms with Crippen LogP contribution in [0.3, 0.4) is 0 Å². The molecule has 0 aromatic carbocycles. The van der Waals surface area contributed by atoms with Gasteiger partial charge in [-0.1, -0.05) is 6.07 Å². The Morgan fingerprint density at radius 2 is 2.25 bits per heavy atom. The van der Waals surface area contributed by atoms with Crippen LogP contribution in [0, 0.1) is 6.92 Å². The van der Waals surface area contributed by atoms with Gasteiger partial charge in [-0.15, -0.1) is 10.2 Å². The van der Waals surface area contributed by atoms with E-state index in [1.165, 1.54) is 5.69 Å². The van der Waals surface area contributed by atoms with E-state index in [9.17, 15) is 0 Å². The van der Waals surface area contributed by atoms with Gasteiger partial charge in [0.2, 0.25) is 0 Å². The lowest BCUT2D eigenvalue weighted by Gasteiger charge is -2.31. The highest BCUT2D eigenvalue weighted by molar-refractivity contribution is 5.41. The third-order valence-corrected chi connectivity index (χ3v) is 4.56. The summed E-state index contributed by atoms with van der Waals surface area (Å²) in [7, 11) is 0. The minimum Gasteiger partial charge on any atom is -0.368 e. The van der Waals surface area contributed by atoms with Gasteiger partial charge < -0.3 is 13.7 Å². The smallest absolute Gasteiger partial charge is 0.163 e. The maximum Gasteiger partial charge on any atom is 0.163 e. The SMILES string of the molecule is CCn1cnnc1[C@H]1CN(Cc2cn3c(C)cccc3n2)CCO1. The highest BCUT2D eigenvalue weighted by Crippen LogP contribution is 2.22. The number of fused-ring (bicyclic) bond motifs is 1. The highest BCUT2D eigenvalue weighted by atomic mass is 16.5. The molecule has 3 aromatic rings. The molecule has 0 aliphatic carbocycles. The molecule has 0 radical (unpaired) electrons. The molecule has 7 heteroatoms. The topological polar surface area (TPSA) is 60.5 Å². The summed E-state index contributed by atoms with van der Waals surface area (Å²) >= 11 is 0. The fraction of sp³-hybridized carbons (Fsp3) is 0.471. The van der Waals surface area contributed by atoms with Gasteiger partial charge in [0.1, 0.15) is 18.1 Å². The number of hydrogen-bond acceptors (Lipinski definition) is 5. The fourth-order valence-electron chi connectivity index (χ4n) is 3.26. The Hall–Kier alpha value is -2.25. The van der Waals surface area contributed by atoms with E-state index in [-0.39, 0.29) is 6.10 Å². The summed E-state index contributed by atoms with van der Waals surface area (Å²) in [5.41, 5.74) is 3.28. The molecule has 0 amide bonds. The molecule has 0 spiro atoms. The largest absolute Gasteiger partial charge is 0.368 e. The number of rotatable bonds is 4. The number of pyridine rings is 1. The summed E-state index contributed by atoms with van der Waals surface area (Å²) < 4.78 is 10.1. The minimum atomic E-state index is -0.0278. The van der Waals surface area contributed by atoms with E-state index in [4.69, 9.17) is 9.72 Å². The first-order chi connectivity index (χ1) is 11.7. The van der Waals surface area contributed by atoms with E-state index in [1.807, 2.05) is 16.7 Å². The van der Waals surface area contributed by atoms with Crippen LogP contribution in [0.2, 0.25) is 0 Å². The van der Waals surface area contributed by atoms with E-state index in [0.717, 1.165) is 43.3 Å². The average molecular weight is 326 g/mol. The molecule has 1 aliphatic heterocycles. The summed E-state index contributed by atoms with van der Waals surface area (Å²) in [6, 6.07) is 6.19. The van der Waals surface area contributed by atoms with Crippen molar-refractivity contribution in [3.05, 3.63) is 47.9 Å². The lowest BCUT2D eigenvalue weighted by atomic mass is 10.2. The molecule has 0 unspecified atom stereocenters. The maximum absolute atomic E-state index is 5.92.